The summed E-state index contributed by atoms with van der Waals surface area (Å²) in [6.45, 7) is 9.65. The van der Waals surface area contributed by atoms with E-state index >= 15 is 0 Å². The maximum absolute atomic E-state index is 13.7. The lowest BCUT2D eigenvalue weighted by molar-refractivity contribution is -0.119. The lowest BCUT2D eigenvalue weighted by Crippen LogP contribution is -2.45. The predicted molar refractivity (Wildman–Crippen MR) is 137 cm³/mol. The first-order valence-corrected chi connectivity index (χ1v) is 14.3. The molecular weight excluding hydrogens is 484 g/mol. The SMILES string of the molecule is CCCOc1ccc(S(=O)(=O)N(CCO)CCN2CCOCC2)cc1C1NC(=O)C(CC)=C(CC)N1. The number of carbonyl (C=O) groups is 1. The van der Waals surface area contributed by atoms with Gasteiger partial charge in [0.1, 0.15) is 11.9 Å². The van der Waals surface area contributed by atoms with Gasteiger partial charge in [-0.1, -0.05) is 20.8 Å². The Hall–Kier alpha value is -2.18. The molecule has 1 aromatic carbocycles. The molecule has 36 heavy (non-hydrogen) atoms. The van der Waals surface area contributed by atoms with Crippen molar-refractivity contribution < 1.29 is 27.8 Å². The van der Waals surface area contributed by atoms with Gasteiger partial charge in [-0.2, -0.15) is 4.31 Å². The van der Waals surface area contributed by atoms with Crippen LogP contribution in [0, 0.1) is 0 Å². The first-order chi connectivity index (χ1) is 17.3. The van der Waals surface area contributed by atoms with Crippen LogP contribution < -0.4 is 15.4 Å². The van der Waals surface area contributed by atoms with Gasteiger partial charge in [-0.15, -0.1) is 0 Å². The van der Waals surface area contributed by atoms with Crippen LogP contribution in [-0.4, -0.2) is 87.8 Å². The average molecular weight is 525 g/mol. The zero-order valence-corrected chi connectivity index (χ0v) is 22.4. The van der Waals surface area contributed by atoms with Gasteiger partial charge in [0.15, 0.2) is 0 Å². The number of nitrogens with zero attached hydrogens (tertiary/aromatic N) is 2. The zero-order valence-electron chi connectivity index (χ0n) is 21.6. The number of ether oxygens (including phenoxy) is 2. The van der Waals surface area contributed by atoms with Gasteiger partial charge in [0.25, 0.3) is 5.91 Å². The maximum atomic E-state index is 13.7. The van der Waals surface area contributed by atoms with Crippen LogP contribution in [0.3, 0.4) is 0 Å². The number of nitrogens with one attached hydrogen (secondary N) is 2. The minimum Gasteiger partial charge on any atom is -0.493 e. The first-order valence-electron chi connectivity index (χ1n) is 12.8. The van der Waals surface area contributed by atoms with Crippen LogP contribution in [0.4, 0.5) is 0 Å². The minimum absolute atomic E-state index is 0.00289. The van der Waals surface area contributed by atoms with Crippen molar-refractivity contribution in [2.45, 2.75) is 51.1 Å². The molecule has 2 aliphatic heterocycles. The summed E-state index contributed by atoms with van der Waals surface area (Å²) in [6.07, 6.45) is 1.42. The van der Waals surface area contributed by atoms with E-state index < -0.39 is 16.2 Å². The molecule has 2 aliphatic rings. The van der Waals surface area contributed by atoms with E-state index in [0.717, 1.165) is 25.2 Å². The van der Waals surface area contributed by atoms with Gasteiger partial charge in [0.2, 0.25) is 10.0 Å². The zero-order chi connectivity index (χ0) is 26.1. The van der Waals surface area contributed by atoms with Gasteiger partial charge in [-0.3, -0.25) is 9.69 Å². The van der Waals surface area contributed by atoms with Crippen LogP contribution in [0.2, 0.25) is 0 Å². The summed E-state index contributed by atoms with van der Waals surface area (Å²) in [6, 6.07) is 4.75. The number of aliphatic hydroxyl groups is 1. The Balaban J connectivity index is 1.92. The minimum atomic E-state index is -3.90. The van der Waals surface area contributed by atoms with Crippen LogP contribution in [0.15, 0.2) is 34.4 Å². The highest BCUT2D eigenvalue weighted by molar-refractivity contribution is 7.89. The normalized spacial score (nSPS) is 19.4. The highest BCUT2D eigenvalue weighted by Gasteiger charge is 2.31. The highest BCUT2D eigenvalue weighted by Crippen LogP contribution is 2.32. The van der Waals surface area contributed by atoms with Gasteiger partial charge in [0.05, 0.1) is 31.3 Å². The molecule has 0 spiro atoms. The number of sulfonamides is 1. The molecule has 0 radical (unpaired) electrons. The van der Waals surface area contributed by atoms with Crippen LogP contribution in [0.1, 0.15) is 51.8 Å². The van der Waals surface area contributed by atoms with Gasteiger partial charge in [-0.05, 0) is 37.5 Å². The van der Waals surface area contributed by atoms with Gasteiger partial charge < -0.3 is 25.2 Å². The maximum Gasteiger partial charge on any atom is 0.250 e. The molecule has 0 bridgehead atoms. The number of morpholine rings is 1. The summed E-state index contributed by atoms with van der Waals surface area (Å²) >= 11 is 0. The smallest absolute Gasteiger partial charge is 0.250 e. The highest BCUT2D eigenvalue weighted by atomic mass is 32.2. The molecule has 0 aromatic heterocycles. The number of benzene rings is 1. The third-order valence-corrected chi connectivity index (χ3v) is 8.34. The standard InChI is InChI=1S/C25H40N4O6S/c1-4-15-35-23-8-7-19(18-21(23)24-26-22(6-3)20(5-2)25(31)27-24)36(32,33)29(11-14-30)10-9-28-12-16-34-17-13-28/h7-8,18,24,26,30H,4-6,9-17H2,1-3H3,(H,27,31). The Morgan fingerprint density at radius 3 is 2.53 bits per heavy atom. The van der Waals surface area contributed by atoms with Crippen molar-refractivity contribution in [1.82, 2.24) is 19.8 Å². The lowest BCUT2D eigenvalue weighted by Gasteiger charge is -2.32. The molecule has 1 amide bonds. The number of hydrogen-bond acceptors (Lipinski definition) is 8. The summed E-state index contributed by atoms with van der Waals surface area (Å²) in [5.41, 5.74) is 2.09. The molecule has 1 unspecified atom stereocenters. The summed E-state index contributed by atoms with van der Waals surface area (Å²) < 4.78 is 39.9. The first kappa shape index (κ1) is 28.4. The molecule has 10 nitrogen and oxygen atoms in total. The third-order valence-electron chi connectivity index (χ3n) is 6.45. The molecule has 3 rings (SSSR count). The van der Waals surface area contributed by atoms with Crippen LogP contribution >= 0.6 is 0 Å². The number of carbonyl (C=O) groups excluding carboxylic acids is 1. The molecule has 0 aliphatic carbocycles. The lowest BCUT2D eigenvalue weighted by atomic mass is 10.0. The predicted octanol–water partition coefficient (Wildman–Crippen LogP) is 1.58. The van der Waals surface area contributed by atoms with E-state index in [4.69, 9.17) is 9.47 Å². The average Bonchev–Trinajstić information content (AvgIpc) is 2.89. The molecule has 2 heterocycles. The van der Waals surface area contributed by atoms with Crippen molar-refractivity contribution in [3.05, 3.63) is 35.0 Å². The number of hydrogen-bond donors (Lipinski definition) is 3. The topological polar surface area (TPSA) is 120 Å². The second-order valence-electron chi connectivity index (χ2n) is 8.84. The molecule has 11 heteroatoms. The summed E-state index contributed by atoms with van der Waals surface area (Å²) in [7, 11) is -3.90. The van der Waals surface area contributed by atoms with E-state index in [9.17, 15) is 18.3 Å². The van der Waals surface area contributed by atoms with Crippen LogP contribution in [0.25, 0.3) is 0 Å². The third kappa shape index (κ3) is 6.77. The fraction of sp³-hybridized carbons (Fsp3) is 0.640. The number of allylic oxidation sites excluding steroid dienone is 1. The Kier molecular flexibility index (Phi) is 10.6. The Morgan fingerprint density at radius 2 is 1.89 bits per heavy atom. The molecular formula is C25H40N4O6S. The second kappa shape index (κ2) is 13.4. The molecule has 202 valence electrons. The van der Waals surface area contributed by atoms with E-state index in [0.29, 0.717) is 56.1 Å². The van der Waals surface area contributed by atoms with Gasteiger partial charge in [0, 0.05) is 49.6 Å². The Labute approximate surface area is 214 Å². The van der Waals surface area contributed by atoms with E-state index in [1.54, 1.807) is 12.1 Å². The van der Waals surface area contributed by atoms with Crippen LogP contribution in [0.5, 0.6) is 5.75 Å². The van der Waals surface area contributed by atoms with E-state index in [1.165, 1.54) is 10.4 Å². The quantitative estimate of drug-likeness (QED) is 0.356. The van der Waals surface area contributed by atoms with Crippen LogP contribution in [-0.2, 0) is 19.6 Å². The Morgan fingerprint density at radius 1 is 1.14 bits per heavy atom. The molecule has 1 saturated heterocycles. The fourth-order valence-electron chi connectivity index (χ4n) is 4.44. The van der Waals surface area contributed by atoms with Crippen molar-refractivity contribution in [2.24, 2.45) is 0 Å². The van der Waals surface area contributed by atoms with Crippen molar-refractivity contribution >= 4 is 15.9 Å². The van der Waals surface area contributed by atoms with Crippen molar-refractivity contribution in [2.75, 3.05) is 59.2 Å². The van der Waals surface area contributed by atoms with Crippen molar-refractivity contribution in [1.29, 1.82) is 0 Å². The molecule has 3 N–H and O–H groups in total. The van der Waals surface area contributed by atoms with E-state index in [-0.39, 0.29) is 30.5 Å². The van der Waals surface area contributed by atoms with Crippen molar-refractivity contribution in [3.8, 4) is 5.75 Å². The monoisotopic (exact) mass is 524 g/mol. The molecule has 1 atom stereocenters. The second-order valence-corrected chi connectivity index (χ2v) is 10.8. The summed E-state index contributed by atoms with van der Waals surface area (Å²) in [5, 5.41) is 15.9. The number of amides is 1. The van der Waals surface area contributed by atoms with E-state index in [1.807, 2.05) is 20.8 Å². The number of aliphatic hydroxyl groups excluding tert-OH is 1. The summed E-state index contributed by atoms with van der Waals surface area (Å²) in [4.78, 5) is 15.0. The molecule has 1 fully saturated rings. The molecule has 0 saturated carbocycles. The largest absolute Gasteiger partial charge is 0.493 e. The number of rotatable bonds is 13. The van der Waals surface area contributed by atoms with Crippen molar-refractivity contribution in [3.63, 3.8) is 0 Å². The Bertz CT molecular complexity index is 1020. The summed E-state index contributed by atoms with van der Waals surface area (Å²) in [5.74, 6) is 0.353. The van der Waals surface area contributed by atoms with E-state index in [2.05, 4.69) is 15.5 Å². The van der Waals surface area contributed by atoms with Gasteiger partial charge in [-0.25, -0.2) is 8.42 Å². The molecule has 1 aromatic rings. The fourth-order valence-corrected chi connectivity index (χ4v) is 5.90. The van der Waals surface area contributed by atoms with Gasteiger partial charge >= 0.3 is 0 Å².